The molecule has 0 fully saturated rings. The lowest BCUT2D eigenvalue weighted by Crippen LogP contribution is -2.01. The number of hydrogen-bond donors (Lipinski definition) is 0. The molecule has 0 aliphatic heterocycles. The lowest BCUT2D eigenvalue weighted by Gasteiger charge is -2.13. The molecule has 71 heavy (non-hydrogen) atoms. The summed E-state index contributed by atoms with van der Waals surface area (Å²) < 4.78 is 2.26. The molecule has 0 unspecified atom stereocenters. The van der Waals surface area contributed by atoms with Crippen LogP contribution in [0.3, 0.4) is 0 Å². The molecule has 0 aliphatic rings. The molecule has 0 radical (unpaired) electrons. The molecule has 0 bridgehead atoms. The standard InChI is InChI=1S/C64H41N7/c1-5-16-42(17-6-1)44-28-36-48(37-29-44)61-68-62(49-38-30-45(31-39-49)43-18-7-2-8-19-43)70-63(69-61)56-27-15-26-54(65-56)46-32-34-47(35-33-46)59-58-53(52-24-13-14-25-55(52)66-59)40-41-57-60(58)67-64(50-20-9-3-10-21-50)71(57)51-22-11-4-12-23-51/h1-41H. The number of nitrogens with zero attached hydrogens (tertiary/aromatic N) is 7. The zero-order chi connectivity index (χ0) is 47.1. The first kappa shape index (κ1) is 41.5. The van der Waals surface area contributed by atoms with Crippen LogP contribution in [0.15, 0.2) is 249 Å². The molecular weight excluding hydrogens is 867 g/mol. The third-order valence-electron chi connectivity index (χ3n) is 13.1. The normalized spacial score (nSPS) is 11.4. The van der Waals surface area contributed by atoms with Gasteiger partial charge in [0.1, 0.15) is 11.5 Å². The molecule has 7 nitrogen and oxygen atoms in total. The van der Waals surface area contributed by atoms with Gasteiger partial charge in [-0.15, -0.1) is 0 Å². The summed E-state index contributed by atoms with van der Waals surface area (Å²) in [6.45, 7) is 0. The smallest absolute Gasteiger partial charge is 0.182 e. The third kappa shape index (κ3) is 7.77. The van der Waals surface area contributed by atoms with Crippen molar-refractivity contribution in [2.75, 3.05) is 0 Å². The van der Waals surface area contributed by atoms with Gasteiger partial charge >= 0.3 is 0 Å². The van der Waals surface area contributed by atoms with Crippen LogP contribution in [0.4, 0.5) is 0 Å². The predicted octanol–water partition coefficient (Wildman–Crippen LogP) is 15.6. The molecule has 0 amide bonds. The van der Waals surface area contributed by atoms with Crippen LogP contribution in [0.1, 0.15) is 0 Å². The highest BCUT2D eigenvalue weighted by Crippen LogP contribution is 2.40. The van der Waals surface area contributed by atoms with Gasteiger partial charge in [-0.1, -0.05) is 212 Å². The van der Waals surface area contributed by atoms with Crippen LogP contribution < -0.4 is 0 Å². The first-order chi connectivity index (χ1) is 35.2. The number of hydrogen-bond acceptors (Lipinski definition) is 6. The van der Waals surface area contributed by atoms with E-state index in [4.69, 9.17) is 29.9 Å². The first-order valence-corrected chi connectivity index (χ1v) is 23.7. The van der Waals surface area contributed by atoms with Crippen molar-refractivity contribution >= 4 is 32.7 Å². The van der Waals surface area contributed by atoms with Gasteiger partial charge in [0.2, 0.25) is 0 Å². The van der Waals surface area contributed by atoms with E-state index in [1.54, 1.807) is 0 Å². The van der Waals surface area contributed by atoms with E-state index in [9.17, 15) is 0 Å². The van der Waals surface area contributed by atoms with Crippen molar-refractivity contribution in [3.05, 3.63) is 249 Å². The van der Waals surface area contributed by atoms with Crippen molar-refractivity contribution in [3.8, 4) is 96.1 Å². The van der Waals surface area contributed by atoms with Crippen molar-refractivity contribution < 1.29 is 0 Å². The quantitative estimate of drug-likeness (QED) is 0.134. The minimum Gasteiger partial charge on any atom is -0.292 e. The molecule has 7 heteroatoms. The Balaban J connectivity index is 0.905. The van der Waals surface area contributed by atoms with Gasteiger partial charge in [0.15, 0.2) is 17.5 Å². The SMILES string of the molecule is c1ccc(-c2ccc(-c3nc(-c4ccc(-c5ccccc5)cc4)nc(-c4cccc(-c5ccc(-c6nc7ccccc7c7ccc8c(nc(-c9ccccc9)n8-c8ccccc8)c67)cc5)n4)n3)cc2)cc1. The Bertz CT molecular complexity index is 3950. The second-order valence-electron chi connectivity index (χ2n) is 17.5. The molecule has 13 rings (SSSR count). The number of imidazole rings is 1. The number of aromatic nitrogens is 7. The average molecular weight is 908 g/mol. The Kier molecular flexibility index (Phi) is 10.4. The van der Waals surface area contributed by atoms with Gasteiger partial charge in [-0.25, -0.2) is 29.9 Å². The Morgan fingerprint density at radius 3 is 1.37 bits per heavy atom. The van der Waals surface area contributed by atoms with Crippen molar-refractivity contribution in [1.29, 1.82) is 0 Å². The van der Waals surface area contributed by atoms with Crippen LogP contribution in [0.2, 0.25) is 0 Å². The molecule has 0 saturated carbocycles. The largest absolute Gasteiger partial charge is 0.292 e. The molecule has 0 atom stereocenters. The van der Waals surface area contributed by atoms with Gasteiger partial charge in [0.25, 0.3) is 0 Å². The molecule has 332 valence electrons. The maximum atomic E-state index is 5.46. The molecule has 0 spiro atoms. The molecule has 4 aromatic heterocycles. The van der Waals surface area contributed by atoms with Crippen LogP contribution in [0, 0.1) is 0 Å². The van der Waals surface area contributed by atoms with Crippen molar-refractivity contribution in [2.24, 2.45) is 0 Å². The van der Waals surface area contributed by atoms with Crippen molar-refractivity contribution in [1.82, 2.24) is 34.5 Å². The van der Waals surface area contributed by atoms with Crippen LogP contribution in [-0.2, 0) is 0 Å². The van der Waals surface area contributed by atoms with E-state index in [2.05, 4.69) is 205 Å². The minimum absolute atomic E-state index is 0.489. The second-order valence-corrected chi connectivity index (χ2v) is 17.5. The number of rotatable bonds is 9. The van der Waals surface area contributed by atoms with Gasteiger partial charge in [0.05, 0.1) is 27.9 Å². The summed E-state index contributed by atoms with van der Waals surface area (Å²) in [6, 6.07) is 85.6. The van der Waals surface area contributed by atoms with E-state index < -0.39 is 0 Å². The summed E-state index contributed by atoms with van der Waals surface area (Å²) >= 11 is 0. The monoisotopic (exact) mass is 907 g/mol. The molecule has 0 saturated heterocycles. The van der Waals surface area contributed by atoms with Crippen molar-refractivity contribution in [2.45, 2.75) is 0 Å². The van der Waals surface area contributed by atoms with E-state index in [0.29, 0.717) is 23.2 Å². The van der Waals surface area contributed by atoms with E-state index >= 15 is 0 Å². The van der Waals surface area contributed by atoms with E-state index in [0.717, 1.165) is 106 Å². The van der Waals surface area contributed by atoms with E-state index in [1.807, 2.05) is 48.5 Å². The van der Waals surface area contributed by atoms with Gasteiger partial charge < -0.3 is 0 Å². The lowest BCUT2D eigenvalue weighted by atomic mass is 9.97. The number of pyridine rings is 2. The highest BCUT2D eigenvalue weighted by Gasteiger charge is 2.21. The predicted molar refractivity (Wildman–Crippen MR) is 289 cm³/mol. The maximum Gasteiger partial charge on any atom is 0.182 e. The maximum absolute atomic E-state index is 5.46. The van der Waals surface area contributed by atoms with Gasteiger partial charge in [-0.05, 0) is 64.0 Å². The summed E-state index contributed by atoms with van der Waals surface area (Å²) in [5.41, 5.74) is 15.5. The lowest BCUT2D eigenvalue weighted by molar-refractivity contribution is 1.06. The Labute approximate surface area is 410 Å². The number of para-hydroxylation sites is 2. The average Bonchev–Trinajstić information content (AvgIpc) is 3.86. The van der Waals surface area contributed by atoms with Crippen LogP contribution in [-0.4, -0.2) is 34.5 Å². The molecule has 0 aliphatic carbocycles. The Hall–Kier alpha value is -9.72. The molecule has 13 aromatic rings. The summed E-state index contributed by atoms with van der Waals surface area (Å²) in [4.78, 5) is 31.3. The summed E-state index contributed by atoms with van der Waals surface area (Å²) in [5.74, 6) is 2.51. The zero-order valence-corrected chi connectivity index (χ0v) is 38.3. The van der Waals surface area contributed by atoms with E-state index in [1.165, 1.54) is 0 Å². The molecule has 0 N–H and O–H groups in total. The Morgan fingerprint density at radius 1 is 0.268 bits per heavy atom. The highest BCUT2D eigenvalue weighted by molar-refractivity contribution is 6.20. The highest BCUT2D eigenvalue weighted by atomic mass is 15.1. The van der Waals surface area contributed by atoms with Gasteiger partial charge in [0, 0.05) is 44.3 Å². The summed E-state index contributed by atoms with van der Waals surface area (Å²) in [7, 11) is 0. The summed E-state index contributed by atoms with van der Waals surface area (Å²) in [5, 5.41) is 3.19. The second kappa shape index (κ2) is 17.7. The fourth-order valence-electron chi connectivity index (χ4n) is 9.56. The van der Waals surface area contributed by atoms with Crippen LogP contribution in [0.5, 0.6) is 0 Å². The molecular formula is C64H41N7. The van der Waals surface area contributed by atoms with E-state index in [-0.39, 0.29) is 0 Å². The fraction of sp³-hybridized carbons (Fsp3) is 0. The van der Waals surface area contributed by atoms with Crippen LogP contribution >= 0.6 is 0 Å². The Morgan fingerprint density at radius 2 is 0.746 bits per heavy atom. The van der Waals surface area contributed by atoms with Gasteiger partial charge in [-0.2, -0.15) is 0 Å². The first-order valence-electron chi connectivity index (χ1n) is 23.7. The van der Waals surface area contributed by atoms with Crippen molar-refractivity contribution in [3.63, 3.8) is 0 Å². The number of benzene rings is 9. The fourth-order valence-corrected chi connectivity index (χ4v) is 9.56. The minimum atomic E-state index is 0.489. The number of fused-ring (bicyclic) bond motifs is 5. The summed E-state index contributed by atoms with van der Waals surface area (Å²) in [6.07, 6.45) is 0. The van der Waals surface area contributed by atoms with Crippen LogP contribution in [0.25, 0.3) is 129 Å². The molecule has 9 aromatic carbocycles. The molecule has 4 heterocycles. The van der Waals surface area contributed by atoms with Gasteiger partial charge in [-0.3, -0.25) is 4.57 Å². The zero-order valence-electron chi connectivity index (χ0n) is 38.3. The topological polar surface area (TPSA) is 82.3 Å². The third-order valence-corrected chi connectivity index (χ3v) is 13.1.